The van der Waals surface area contributed by atoms with Crippen LogP contribution >= 0.6 is 0 Å². The summed E-state index contributed by atoms with van der Waals surface area (Å²) in [5.74, 6) is 0. The third-order valence-corrected chi connectivity index (χ3v) is 18.0. The van der Waals surface area contributed by atoms with E-state index in [0.29, 0.717) is 0 Å². The normalized spacial score (nSPS) is 14.6. The quantitative estimate of drug-likeness (QED) is 0.695. The predicted octanol–water partition coefficient (Wildman–Crippen LogP) is 2.51. The molecule has 0 bridgehead atoms. The largest absolute Gasteiger partial charge is 0.420 e. The molecule has 0 heterocycles. The van der Waals surface area contributed by atoms with E-state index in [-0.39, 0.29) is 4.28 Å². The lowest BCUT2D eigenvalue weighted by Crippen LogP contribution is -2.60. The molecule has 0 aromatic heterocycles. The summed E-state index contributed by atoms with van der Waals surface area (Å²) in [6.07, 6.45) is 1.06. The van der Waals surface area contributed by atoms with Crippen LogP contribution in [0.5, 0.6) is 0 Å². The fourth-order valence-corrected chi connectivity index (χ4v) is 11.3. The van der Waals surface area contributed by atoms with Crippen molar-refractivity contribution >= 4 is 26.9 Å². The van der Waals surface area contributed by atoms with Gasteiger partial charge in [-0.05, 0) is 30.5 Å². The van der Waals surface area contributed by atoms with Gasteiger partial charge in [-0.15, -0.1) is 0 Å². The van der Waals surface area contributed by atoms with Gasteiger partial charge in [-0.2, -0.15) is 0 Å². The van der Waals surface area contributed by atoms with Gasteiger partial charge in [-0.3, -0.25) is 0 Å². The molecule has 0 spiro atoms. The van der Waals surface area contributed by atoms with Crippen LogP contribution in [0, 0.1) is 0 Å². The average Bonchev–Trinajstić information content (AvgIpc) is 2.15. The SMILES string of the molecule is CCC([Si])([Si](C)(C)OC)[Si](C)(C)OC. The van der Waals surface area contributed by atoms with Crippen LogP contribution in [-0.2, 0) is 8.85 Å². The van der Waals surface area contributed by atoms with Crippen LogP contribution in [0.3, 0.4) is 0 Å². The molecule has 2 nitrogen and oxygen atoms in total. The third kappa shape index (κ3) is 2.21. The highest BCUT2D eigenvalue weighted by molar-refractivity contribution is 7.01. The Bertz CT molecular complexity index is 176. The van der Waals surface area contributed by atoms with Crippen molar-refractivity contribution in [2.45, 2.75) is 43.8 Å². The molecule has 0 aliphatic heterocycles. The van der Waals surface area contributed by atoms with Crippen LogP contribution < -0.4 is 0 Å². The van der Waals surface area contributed by atoms with E-state index < -0.39 is 16.6 Å². The average molecular weight is 248 g/mol. The Morgan fingerprint density at radius 3 is 1.43 bits per heavy atom. The van der Waals surface area contributed by atoms with Gasteiger partial charge in [0, 0.05) is 24.5 Å². The van der Waals surface area contributed by atoms with Crippen molar-refractivity contribution in [1.29, 1.82) is 0 Å². The minimum absolute atomic E-state index is 0.0729. The van der Waals surface area contributed by atoms with Gasteiger partial charge in [0.2, 0.25) is 0 Å². The van der Waals surface area contributed by atoms with Gasteiger partial charge in [0.1, 0.15) is 0 Å². The summed E-state index contributed by atoms with van der Waals surface area (Å²) in [5.41, 5.74) is 0. The third-order valence-electron chi connectivity index (χ3n) is 3.61. The summed E-state index contributed by atoms with van der Waals surface area (Å²) < 4.78 is 11.5. The molecule has 0 aliphatic carbocycles. The molecule has 0 saturated carbocycles. The van der Waals surface area contributed by atoms with Crippen LogP contribution in [0.4, 0.5) is 0 Å². The monoisotopic (exact) mass is 247 g/mol. The molecule has 0 amide bonds. The summed E-state index contributed by atoms with van der Waals surface area (Å²) in [7, 11) is 4.14. The summed E-state index contributed by atoms with van der Waals surface area (Å²) in [5, 5.41) is 0. The van der Waals surface area contributed by atoms with Gasteiger partial charge in [0.05, 0.1) is 0 Å². The lowest BCUT2D eigenvalue weighted by molar-refractivity contribution is 0.360. The van der Waals surface area contributed by atoms with Crippen molar-refractivity contribution in [2.24, 2.45) is 0 Å². The van der Waals surface area contributed by atoms with Crippen LogP contribution in [0.1, 0.15) is 13.3 Å². The van der Waals surface area contributed by atoms with E-state index in [1.165, 1.54) is 0 Å². The molecular weight excluding hydrogens is 224 g/mol. The fraction of sp³-hybridized carbons (Fsp3) is 1.00. The van der Waals surface area contributed by atoms with E-state index in [1.807, 2.05) is 14.2 Å². The van der Waals surface area contributed by atoms with Gasteiger partial charge in [-0.25, -0.2) is 0 Å². The molecule has 3 radical (unpaired) electrons. The summed E-state index contributed by atoms with van der Waals surface area (Å²) in [4.78, 5) is 0. The summed E-state index contributed by atoms with van der Waals surface area (Å²) in [6, 6.07) is 0. The molecule has 0 aromatic carbocycles. The highest BCUT2D eigenvalue weighted by atomic mass is 28.4. The maximum atomic E-state index is 5.73. The topological polar surface area (TPSA) is 18.5 Å². The van der Waals surface area contributed by atoms with E-state index in [4.69, 9.17) is 8.85 Å². The minimum Gasteiger partial charge on any atom is -0.420 e. The molecule has 0 unspecified atom stereocenters. The zero-order valence-electron chi connectivity index (χ0n) is 10.5. The van der Waals surface area contributed by atoms with E-state index in [0.717, 1.165) is 6.42 Å². The predicted molar refractivity (Wildman–Crippen MR) is 67.7 cm³/mol. The highest BCUT2D eigenvalue weighted by Gasteiger charge is 2.54. The van der Waals surface area contributed by atoms with Crippen molar-refractivity contribution in [3.63, 3.8) is 0 Å². The van der Waals surface area contributed by atoms with Crippen LogP contribution in [0.15, 0.2) is 0 Å². The van der Waals surface area contributed by atoms with Gasteiger partial charge < -0.3 is 8.85 Å². The van der Waals surface area contributed by atoms with Crippen molar-refractivity contribution in [3.8, 4) is 0 Å². The molecule has 14 heavy (non-hydrogen) atoms. The van der Waals surface area contributed by atoms with Crippen LogP contribution in [-0.4, -0.2) is 41.1 Å². The first-order valence-corrected chi connectivity index (χ1v) is 11.4. The van der Waals surface area contributed by atoms with Crippen molar-refractivity contribution in [2.75, 3.05) is 14.2 Å². The fourth-order valence-electron chi connectivity index (χ4n) is 1.92. The first-order chi connectivity index (χ1) is 6.18. The smallest absolute Gasteiger partial charge is 0.188 e. The Balaban J connectivity index is 5.18. The molecule has 0 aromatic rings. The maximum absolute atomic E-state index is 5.73. The number of hydrogen-bond donors (Lipinski definition) is 0. The summed E-state index contributed by atoms with van der Waals surface area (Å²) in [6.45, 7) is 11.2. The molecule has 83 valence electrons. The Labute approximate surface area is 94.1 Å². The Hall–Kier alpha value is 0.571. The lowest BCUT2D eigenvalue weighted by atomic mass is 10.5. The lowest BCUT2D eigenvalue weighted by Gasteiger charge is -2.49. The van der Waals surface area contributed by atoms with E-state index in [2.05, 4.69) is 43.4 Å². The molecule has 0 N–H and O–H groups in total. The van der Waals surface area contributed by atoms with E-state index in [9.17, 15) is 0 Å². The second-order valence-corrected chi connectivity index (χ2v) is 15.6. The van der Waals surface area contributed by atoms with E-state index in [1.54, 1.807) is 0 Å². The van der Waals surface area contributed by atoms with Crippen molar-refractivity contribution in [3.05, 3.63) is 0 Å². The molecular formula is C9H23O2Si3. The van der Waals surface area contributed by atoms with Crippen LogP contribution in [0.2, 0.25) is 30.5 Å². The molecule has 5 heteroatoms. The molecule has 0 fully saturated rings. The Morgan fingerprint density at radius 1 is 1.00 bits per heavy atom. The van der Waals surface area contributed by atoms with Gasteiger partial charge >= 0.3 is 0 Å². The van der Waals surface area contributed by atoms with Gasteiger partial charge in [-0.1, -0.05) is 13.3 Å². The molecule has 0 atom stereocenters. The summed E-state index contributed by atoms with van der Waals surface area (Å²) >= 11 is 0. The zero-order valence-corrected chi connectivity index (χ0v) is 13.5. The standard InChI is InChI=1S/C9H23O2Si3/c1-8-9(12,13(4,5)10-2)14(6,7)11-3/h8H2,1-7H3. The molecule has 0 saturated heterocycles. The first kappa shape index (κ1) is 14.6. The second kappa shape index (κ2) is 4.61. The van der Waals surface area contributed by atoms with Gasteiger partial charge in [0.15, 0.2) is 16.6 Å². The number of hydrogen-bond acceptors (Lipinski definition) is 2. The van der Waals surface area contributed by atoms with Crippen molar-refractivity contribution < 1.29 is 8.85 Å². The Morgan fingerprint density at radius 2 is 1.29 bits per heavy atom. The highest BCUT2D eigenvalue weighted by Crippen LogP contribution is 2.46. The number of rotatable bonds is 5. The first-order valence-electron chi connectivity index (χ1n) is 5.04. The second-order valence-electron chi connectivity index (χ2n) is 4.69. The molecule has 0 aliphatic rings. The van der Waals surface area contributed by atoms with E-state index >= 15 is 0 Å². The molecule has 0 rings (SSSR count). The Kier molecular flexibility index (Phi) is 4.80. The zero-order chi connectivity index (χ0) is 11.6. The minimum atomic E-state index is -1.74. The van der Waals surface area contributed by atoms with Gasteiger partial charge in [0.25, 0.3) is 0 Å². The van der Waals surface area contributed by atoms with Crippen LogP contribution in [0.25, 0.3) is 0 Å². The van der Waals surface area contributed by atoms with Crippen molar-refractivity contribution in [1.82, 2.24) is 0 Å². The maximum Gasteiger partial charge on any atom is 0.188 e.